The molecule has 0 spiro atoms. The van der Waals surface area contributed by atoms with Gasteiger partial charge in [-0.1, -0.05) is 0 Å². The molecule has 0 aromatic carbocycles. The Morgan fingerprint density at radius 2 is 2.14 bits per heavy atom. The highest BCUT2D eigenvalue weighted by atomic mass is 32.1. The van der Waals surface area contributed by atoms with Crippen LogP contribution in [-0.4, -0.2) is 31.9 Å². The highest BCUT2D eigenvalue weighted by Crippen LogP contribution is 2.32. The molecule has 2 aromatic heterocycles. The molecule has 8 nitrogen and oxygen atoms in total. The molecule has 9 heteroatoms. The number of rotatable bonds is 4. The number of anilines is 1. The SMILES string of the molecule is Cc1sc(NC(=O)NCc2nncn2C)c(C(=O)O)c1C. The van der Waals surface area contributed by atoms with Gasteiger partial charge in [-0.2, -0.15) is 0 Å². The molecule has 2 aromatic rings. The number of aromatic nitrogens is 3. The Labute approximate surface area is 124 Å². The molecule has 0 fully saturated rings. The maximum absolute atomic E-state index is 11.8. The van der Waals surface area contributed by atoms with Crippen LogP contribution >= 0.6 is 11.3 Å². The lowest BCUT2D eigenvalue weighted by Crippen LogP contribution is -2.29. The van der Waals surface area contributed by atoms with Crippen LogP contribution in [-0.2, 0) is 13.6 Å². The number of nitrogens with one attached hydrogen (secondary N) is 2. The number of thiophene rings is 1. The molecule has 0 atom stereocenters. The Kier molecular flexibility index (Phi) is 4.22. The summed E-state index contributed by atoms with van der Waals surface area (Å²) >= 11 is 1.24. The molecule has 21 heavy (non-hydrogen) atoms. The third kappa shape index (κ3) is 3.19. The van der Waals surface area contributed by atoms with E-state index in [1.54, 1.807) is 18.5 Å². The van der Waals surface area contributed by atoms with Gasteiger partial charge in [0.1, 0.15) is 11.3 Å². The van der Waals surface area contributed by atoms with Gasteiger partial charge in [0.2, 0.25) is 0 Å². The lowest BCUT2D eigenvalue weighted by atomic mass is 10.1. The van der Waals surface area contributed by atoms with E-state index in [1.807, 2.05) is 6.92 Å². The van der Waals surface area contributed by atoms with Crippen molar-refractivity contribution in [3.63, 3.8) is 0 Å². The Morgan fingerprint density at radius 3 is 2.71 bits per heavy atom. The summed E-state index contributed by atoms with van der Waals surface area (Å²) in [6.07, 6.45) is 1.53. The van der Waals surface area contributed by atoms with E-state index in [-0.39, 0.29) is 12.1 Å². The number of carbonyl (C=O) groups is 2. The van der Waals surface area contributed by atoms with Crippen LogP contribution < -0.4 is 10.6 Å². The number of carbonyl (C=O) groups excluding carboxylic acids is 1. The zero-order valence-corrected chi connectivity index (χ0v) is 12.6. The topological polar surface area (TPSA) is 109 Å². The summed E-state index contributed by atoms with van der Waals surface area (Å²) in [6.45, 7) is 3.74. The molecule has 2 rings (SSSR count). The van der Waals surface area contributed by atoms with Crippen molar-refractivity contribution < 1.29 is 14.7 Å². The summed E-state index contributed by atoms with van der Waals surface area (Å²) in [6, 6.07) is -0.484. The molecule has 2 amide bonds. The van der Waals surface area contributed by atoms with Crippen LogP contribution in [0.25, 0.3) is 0 Å². The number of carboxylic acid groups (broad SMARTS) is 1. The predicted octanol–water partition coefficient (Wildman–Crippen LogP) is 1.51. The van der Waals surface area contributed by atoms with Crippen molar-refractivity contribution in [3.05, 3.63) is 28.2 Å². The van der Waals surface area contributed by atoms with Gasteiger partial charge in [0, 0.05) is 11.9 Å². The van der Waals surface area contributed by atoms with E-state index in [1.165, 1.54) is 17.7 Å². The molecular weight excluding hydrogens is 294 g/mol. The Hall–Kier alpha value is -2.42. The highest BCUT2D eigenvalue weighted by molar-refractivity contribution is 7.16. The molecular formula is C12H15N5O3S. The van der Waals surface area contributed by atoms with Crippen molar-refractivity contribution in [1.29, 1.82) is 0 Å². The monoisotopic (exact) mass is 309 g/mol. The molecule has 0 saturated carbocycles. The first-order valence-corrected chi connectivity index (χ1v) is 6.92. The van der Waals surface area contributed by atoms with Crippen LogP contribution in [0.15, 0.2) is 6.33 Å². The van der Waals surface area contributed by atoms with E-state index in [0.29, 0.717) is 16.4 Å². The fourth-order valence-corrected chi connectivity index (χ4v) is 2.79. The largest absolute Gasteiger partial charge is 0.478 e. The number of hydrogen-bond donors (Lipinski definition) is 3. The fraction of sp³-hybridized carbons (Fsp3) is 0.333. The van der Waals surface area contributed by atoms with Gasteiger partial charge in [-0.3, -0.25) is 5.32 Å². The van der Waals surface area contributed by atoms with Crippen molar-refractivity contribution >= 4 is 28.3 Å². The minimum atomic E-state index is -1.06. The van der Waals surface area contributed by atoms with E-state index in [9.17, 15) is 14.7 Å². The molecule has 0 bridgehead atoms. The smallest absolute Gasteiger partial charge is 0.338 e. The van der Waals surface area contributed by atoms with Gasteiger partial charge in [0.05, 0.1) is 12.1 Å². The van der Waals surface area contributed by atoms with Gasteiger partial charge in [0.25, 0.3) is 0 Å². The number of aromatic carboxylic acids is 1. The summed E-state index contributed by atoms with van der Waals surface area (Å²) in [4.78, 5) is 23.9. The maximum Gasteiger partial charge on any atom is 0.338 e. The Morgan fingerprint density at radius 1 is 1.43 bits per heavy atom. The summed E-state index contributed by atoms with van der Waals surface area (Å²) < 4.78 is 1.68. The number of nitrogens with zero attached hydrogens (tertiary/aromatic N) is 3. The van der Waals surface area contributed by atoms with Crippen LogP contribution in [0.3, 0.4) is 0 Å². The summed E-state index contributed by atoms with van der Waals surface area (Å²) in [5.41, 5.74) is 0.794. The predicted molar refractivity (Wildman–Crippen MR) is 77.6 cm³/mol. The molecule has 2 heterocycles. The van der Waals surface area contributed by atoms with Crippen LogP contribution in [0, 0.1) is 13.8 Å². The van der Waals surface area contributed by atoms with Crippen LogP contribution in [0.2, 0.25) is 0 Å². The van der Waals surface area contributed by atoms with Crippen molar-refractivity contribution in [2.24, 2.45) is 7.05 Å². The first-order chi connectivity index (χ1) is 9.90. The van der Waals surface area contributed by atoms with Crippen molar-refractivity contribution in [2.45, 2.75) is 20.4 Å². The van der Waals surface area contributed by atoms with Crippen molar-refractivity contribution in [2.75, 3.05) is 5.32 Å². The fourth-order valence-electron chi connectivity index (χ4n) is 1.75. The average molecular weight is 309 g/mol. The number of carboxylic acids is 1. The Bertz CT molecular complexity index is 691. The minimum Gasteiger partial charge on any atom is -0.478 e. The molecule has 0 unspecified atom stereocenters. The highest BCUT2D eigenvalue weighted by Gasteiger charge is 2.20. The van der Waals surface area contributed by atoms with Crippen LogP contribution in [0.4, 0.5) is 9.80 Å². The van der Waals surface area contributed by atoms with Crippen LogP contribution in [0.5, 0.6) is 0 Å². The third-order valence-electron chi connectivity index (χ3n) is 3.04. The van der Waals surface area contributed by atoms with Crippen molar-refractivity contribution in [1.82, 2.24) is 20.1 Å². The second kappa shape index (κ2) is 5.92. The number of urea groups is 1. The molecule has 0 aliphatic rings. The quantitative estimate of drug-likeness (QED) is 0.793. The van der Waals surface area contributed by atoms with Gasteiger partial charge in [-0.15, -0.1) is 21.5 Å². The minimum absolute atomic E-state index is 0.131. The van der Waals surface area contributed by atoms with Gasteiger partial charge in [-0.25, -0.2) is 9.59 Å². The third-order valence-corrected chi connectivity index (χ3v) is 4.16. The van der Waals surface area contributed by atoms with E-state index in [4.69, 9.17) is 0 Å². The maximum atomic E-state index is 11.8. The number of amides is 2. The summed E-state index contributed by atoms with van der Waals surface area (Å²) in [5.74, 6) is -0.456. The molecule has 112 valence electrons. The second-order valence-electron chi connectivity index (χ2n) is 4.46. The first kappa shape index (κ1) is 15.0. The van der Waals surface area contributed by atoms with Gasteiger partial charge < -0.3 is 15.0 Å². The molecule has 0 aliphatic heterocycles. The zero-order valence-electron chi connectivity index (χ0n) is 11.8. The second-order valence-corrected chi connectivity index (χ2v) is 5.68. The molecule has 0 radical (unpaired) electrons. The van der Waals surface area contributed by atoms with Gasteiger partial charge in [0.15, 0.2) is 5.82 Å². The van der Waals surface area contributed by atoms with Crippen LogP contribution in [0.1, 0.15) is 26.6 Å². The lowest BCUT2D eigenvalue weighted by molar-refractivity contribution is 0.0697. The summed E-state index contributed by atoms with van der Waals surface area (Å²) in [5, 5.41) is 22.2. The summed E-state index contributed by atoms with van der Waals surface area (Å²) in [7, 11) is 1.77. The Balaban J connectivity index is 2.05. The molecule has 0 saturated heterocycles. The number of aryl methyl sites for hydroxylation is 2. The van der Waals surface area contributed by atoms with Gasteiger partial charge >= 0.3 is 12.0 Å². The number of hydrogen-bond acceptors (Lipinski definition) is 5. The van der Waals surface area contributed by atoms with E-state index in [0.717, 1.165) is 4.88 Å². The zero-order chi connectivity index (χ0) is 15.6. The lowest BCUT2D eigenvalue weighted by Gasteiger charge is -2.06. The first-order valence-electron chi connectivity index (χ1n) is 6.11. The standard InChI is InChI=1S/C12H15N5O3S/c1-6-7(2)21-10(9(6)11(18)19)15-12(20)13-4-8-16-14-5-17(8)3/h5H,4H2,1-3H3,(H,18,19)(H2,13,15,20). The van der Waals surface area contributed by atoms with Crippen molar-refractivity contribution in [3.8, 4) is 0 Å². The van der Waals surface area contributed by atoms with E-state index < -0.39 is 12.0 Å². The average Bonchev–Trinajstić information content (AvgIpc) is 2.92. The molecule has 0 aliphatic carbocycles. The van der Waals surface area contributed by atoms with E-state index >= 15 is 0 Å². The normalized spacial score (nSPS) is 10.4. The van der Waals surface area contributed by atoms with E-state index in [2.05, 4.69) is 20.8 Å². The molecule has 3 N–H and O–H groups in total. The van der Waals surface area contributed by atoms with Gasteiger partial charge in [-0.05, 0) is 19.4 Å².